The fraction of sp³-hybridized carbons (Fsp3) is 0.929. The van der Waals surface area contributed by atoms with Crippen molar-refractivity contribution in [1.82, 2.24) is 0 Å². The molecule has 0 spiro atoms. The summed E-state index contributed by atoms with van der Waals surface area (Å²) in [5, 5.41) is 10.6. The molecule has 0 bridgehead atoms. The van der Waals surface area contributed by atoms with Crippen molar-refractivity contribution >= 4 is 0 Å². The van der Waals surface area contributed by atoms with Gasteiger partial charge < -0.3 is 9.84 Å². The molecule has 30 heavy (non-hydrogen) atoms. The van der Waals surface area contributed by atoms with Gasteiger partial charge in [0.15, 0.2) is 0 Å². The van der Waals surface area contributed by atoms with Crippen LogP contribution in [0, 0.1) is 35.0 Å². The van der Waals surface area contributed by atoms with Crippen molar-refractivity contribution in [3.05, 3.63) is 11.6 Å². The Morgan fingerprint density at radius 3 is 2.57 bits per heavy atom. The van der Waals surface area contributed by atoms with Gasteiger partial charge in [-0.15, -0.1) is 0 Å². The predicted molar refractivity (Wildman–Crippen MR) is 125 cm³/mol. The molecule has 0 radical (unpaired) electrons. The van der Waals surface area contributed by atoms with Crippen molar-refractivity contribution in [2.24, 2.45) is 35.0 Å². The molecule has 4 aliphatic carbocycles. The first kappa shape index (κ1) is 22.8. The molecule has 172 valence electrons. The Bertz CT molecular complexity index is 593. The summed E-state index contributed by atoms with van der Waals surface area (Å²) in [6.45, 7) is 8.82. The number of unbranched alkanes of at least 4 members (excludes halogenated alkanes) is 3. The third kappa shape index (κ3) is 4.70. The van der Waals surface area contributed by atoms with Crippen LogP contribution in [0.1, 0.15) is 111 Å². The van der Waals surface area contributed by atoms with E-state index < -0.39 is 0 Å². The minimum atomic E-state index is -0.387. The Kier molecular flexibility index (Phi) is 7.35. The van der Waals surface area contributed by atoms with Gasteiger partial charge in [-0.3, -0.25) is 0 Å². The third-order valence-corrected chi connectivity index (χ3v) is 9.86. The lowest BCUT2D eigenvalue weighted by Crippen LogP contribution is -2.49. The van der Waals surface area contributed by atoms with Crippen molar-refractivity contribution in [2.75, 3.05) is 13.2 Å². The second kappa shape index (κ2) is 9.65. The van der Waals surface area contributed by atoms with E-state index in [1.54, 1.807) is 0 Å². The third-order valence-electron chi connectivity index (χ3n) is 9.86. The summed E-state index contributed by atoms with van der Waals surface area (Å²) in [5.41, 5.74) is 1.92. The largest absolute Gasteiger partial charge is 0.390 e. The van der Waals surface area contributed by atoms with Gasteiger partial charge in [-0.05, 0) is 125 Å². The number of hydrogen-bond acceptors (Lipinski definition) is 2. The quantitative estimate of drug-likeness (QED) is 0.332. The highest BCUT2D eigenvalue weighted by molar-refractivity contribution is 5.23. The number of allylic oxidation sites excluding steroid dienone is 2. The summed E-state index contributed by atoms with van der Waals surface area (Å²) < 4.78 is 5.73. The van der Waals surface area contributed by atoms with Gasteiger partial charge in [0.05, 0.1) is 5.60 Å². The average molecular weight is 417 g/mol. The average Bonchev–Trinajstić information content (AvgIpc) is 3.05. The Morgan fingerprint density at radius 2 is 1.73 bits per heavy atom. The van der Waals surface area contributed by atoms with Crippen LogP contribution < -0.4 is 0 Å². The minimum Gasteiger partial charge on any atom is -0.390 e. The van der Waals surface area contributed by atoms with Gasteiger partial charge in [-0.1, -0.05) is 31.9 Å². The van der Waals surface area contributed by atoms with E-state index in [0.29, 0.717) is 5.41 Å². The number of aliphatic hydroxyl groups is 1. The molecule has 2 nitrogen and oxygen atoms in total. The highest BCUT2D eigenvalue weighted by Gasteiger charge is 2.55. The topological polar surface area (TPSA) is 29.5 Å². The number of ether oxygens (including phenoxy) is 1. The highest BCUT2D eigenvalue weighted by atomic mass is 16.5. The van der Waals surface area contributed by atoms with Crippen LogP contribution in [-0.2, 0) is 4.74 Å². The molecule has 4 rings (SSSR count). The van der Waals surface area contributed by atoms with Gasteiger partial charge in [0, 0.05) is 13.2 Å². The lowest BCUT2D eigenvalue weighted by molar-refractivity contribution is -0.0899. The molecular weight excluding hydrogens is 368 g/mol. The Morgan fingerprint density at radius 1 is 0.933 bits per heavy atom. The Hall–Kier alpha value is -0.340. The molecule has 0 aliphatic heterocycles. The molecule has 0 aromatic rings. The fourth-order valence-corrected chi connectivity index (χ4v) is 8.24. The number of rotatable bonds is 8. The van der Waals surface area contributed by atoms with E-state index in [0.717, 1.165) is 55.6 Å². The summed E-state index contributed by atoms with van der Waals surface area (Å²) in [4.78, 5) is 0. The van der Waals surface area contributed by atoms with Crippen LogP contribution in [-0.4, -0.2) is 23.9 Å². The molecule has 4 aliphatic rings. The number of hydrogen-bond donors (Lipinski definition) is 1. The van der Waals surface area contributed by atoms with Crippen molar-refractivity contribution in [3.63, 3.8) is 0 Å². The summed E-state index contributed by atoms with van der Waals surface area (Å²) in [6.07, 6.45) is 20.7. The minimum absolute atomic E-state index is 0.387. The van der Waals surface area contributed by atoms with Gasteiger partial charge in [-0.25, -0.2) is 0 Å². The summed E-state index contributed by atoms with van der Waals surface area (Å²) in [7, 11) is 0. The van der Waals surface area contributed by atoms with Crippen molar-refractivity contribution in [2.45, 2.75) is 116 Å². The summed E-state index contributed by atoms with van der Waals surface area (Å²) in [6, 6.07) is 0. The first-order chi connectivity index (χ1) is 14.4. The van der Waals surface area contributed by atoms with Crippen molar-refractivity contribution < 1.29 is 9.84 Å². The first-order valence-electron chi connectivity index (χ1n) is 13.4. The molecule has 4 saturated carbocycles. The molecule has 0 saturated heterocycles. The maximum Gasteiger partial charge on any atom is 0.0622 e. The Labute approximate surface area is 186 Å². The van der Waals surface area contributed by atoms with Crippen LogP contribution >= 0.6 is 0 Å². The van der Waals surface area contributed by atoms with E-state index >= 15 is 0 Å². The maximum atomic E-state index is 10.6. The van der Waals surface area contributed by atoms with Crippen LogP contribution in [0.2, 0.25) is 0 Å². The van der Waals surface area contributed by atoms with Crippen LogP contribution in [0.5, 0.6) is 0 Å². The van der Waals surface area contributed by atoms with E-state index in [4.69, 9.17) is 4.74 Å². The molecular formula is C28H48O2. The molecule has 0 aromatic heterocycles. The molecule has 0 heterocycles. The zero-order chi connectivity index (χ0) is 21.2. The van der Waals surface area contributed by atoms with Gasteiger partial charge in [-0.2, -0.15) is 0 Å². The molecule has 0 aromatic carbocycles. The predicted octanol–water partition coefficient (Wildman–Crippen LogP) is 7.30. The normalized spacial score (nSPS) is 44.5. The Balaban J connectivity index is 1.31. The molecule has 1 N–H and O–H groups in total. The molecule has 0 unspecified atom stereocenters. The van der Waals surface area contributed by atoms with Gasteiger partial charge in [0.2, 0.25) is 0 Å². The molecule has 4 fully saturated rings. The molecule has 2 heteroatoms. The van der Waals surface area contributed by atoms with Gasteiger partial charge >= 0.3 is 0 Å². The zero-order valence-electron chi connectivity index (χ0n) is 20.1. The van der Waals surface area contributed by atoms with Crippen LogP contribution in [0.15, 0.2) is 11.6 Å². The summed E-state index contributed by atoms with van der Waals surface area (Å²) >= 11 is 0. The lowest BCUT2D eigenvalue weighted by Gasteiger charge is -2.56. The first-order valence-corrected chi connectivity index (χ1v) is 13.4. The van der Waals surface area contributed by atoms with Crippen molar-refractivity contribution in [3.8, 4) is 0 Å². The van der Waals surface area contributed by atoms with Crippen molar-refractivity contribution in [1.29, 1.82) is 0 Å². The maximum absolute atomic E-state index is 10.6. The molecule has 7 atom stereocenters. The second-order valence-corrected chi connectivity index (χ2v) is 11.9. The smallest absolute Gasteiger partial charge is 0.0622 e. The van der Waals surface area contributed by atoms with E-state index in [-0.39, 0.29) is 5.60 Å². The zero-order valence-corrected chi connectivity index (χ0v) is 20.1. The van der Waals surface area contributed by atoms with E-state index in [2.05, 4.69) is 26.8 Å². The molecule has 0 amide bonds. The van der Waals surface area contributed by atoms with E-state index in [9.17, 15) is 5.11 Å². The van der Waals surface area contributed by atoms with Crippen LogP contribution in [0.4, 0.5) is 0 Å². The monoisotopic (exact) mass is 416 g/mol. The van der Waals surface area contributed by atoms with Crippen LogP contribution in [0.25, 0.3) is 0 Å². The van der Waals surface area contributed by atoms with Crippen LogP contribution in [0.3, 0.4) is 0 Å². The standard InChI is InChI=1S/C28H48O2/c1-4-5-18-30-19-8-6-7-9-22-11-13-26-25-12-10-21-20-27(2,29)16-14-23(21)24(25)15-17-28(22,26)3/h9,21,23-26,29H,4-8,10-20H2,1-3H3/t21-,23+,24-,25-,26+,27-,28-/m1/s1. The van der Waals surface area contributed by atoms with E-state index in [1.165, 1.54) is 77.0 Å². The fourth-order valence-electron chi connectivity index (χ4n) is 8.24. The van der Waals surface area contributed by atoms with E-state index in [1.807, 2.05) is 5.57 Å². The number of fused-ring (bicyclic) bond motifs is 5. The van der Waals surface area contributed by atoms with Gasteiger partial charge in [0.1, 0.15) is 0 Å². The lowest BCUT2D eigenvalue weighted by atomic mass is 9.49. The van der Waals surface area contributed by atoms with Gasteiger partial charge in [0.25, 0.3) is 0 Å². The summed E-state index contributed by atoms with van der Waals surface area (Å²) in [5.74, 6) is 4.57. The SMILES string of the molecule is CCCCOCCCCC=C1CC[C@H]2[C@@H]3CC[C@@H]4C[C@](C)(O)CC[C@@H]4[C@H]3CC[C@]12C. The highest BCUT2D eigenvalue weighted by Crippen LogP contribution is 2.64. The second-order valence-electron chi connectivity index (χ2n) is 11.9.